The number of primary sulfonamides is 1. The molecule has 0 atom stereocenters. The van der Waals surface area contributed by atoms with Crippen LogP contribution in [0.25, 0.3) is 0 Å². The van der Waals surface area contributed by atoms with Crippen LogP contribution in [0.15, 0.2) is 34.4 Å². The van der Waals surface area contributed by atoms with Crippen molar-refractivity contribution in [3.63, 3.8) is 0 Å². The second kappa shape index (κ2) is 6.93. The zero-order valence-electron chi connectivity index (χ0n) is 11.5. The molecule has 3 heterocycles. The molecule has 0 spiro atoms. The number of sulfonamides is 1. The number of nitrogens with one attached hydrogen (secondary N) is 1. The summed E-state index contributed by atoms with van der Waals surface area (Å²) in [5.41, 5.74) is 2.76. The predicted octanol–water partition coefficient (Wildman–Crippen LogP) is -0.0718. The first-order valence-corrected chi connectivity index (χ1v) is 7.68. The Kier molecular flexibility index (Phi) is 5.94. The van der Waals surface area contributed by atoms with E-state index in [0.717, 1.165) is 19.3 Å². The van der Waals surface area contributed by atoms with E-state index in [1.54, 1.807) is 4.90 Å². The van der Waals surface area contributed by atoms with Crippen LogP contribution in [0.2, 0.25) is 0 Å². The van der Waals surface area contributed by atoms with E-state index in [1.165, 1.54) is 23.3 Å². The van der Waals surface area contributed by atoms with Gasteiger partial charge in [0, 0.05) is 32.4 Å². The first-order chi connectivity index (χ1) is 9.45. The first-order valence-electron chi connectivity index (χ1n) is 6.14. The average molecular weight is 367 g/mol. The lowest BCUT2D eigenvalue weighted by molar-refractivity contribution is 0.0788. The number of hydrogen-bond donors (Lipinski definition) is 2. The molecule has 0 saturated heterocycles. The van der Waals surface area contributed by atoms with Gasteiger partial charge in [0.1, 0.15) is 10.6 Å². The number of rotatable bonds is 2. The van der Waals surface area contributed by atoms with Crippen LogP contribution >= 0.6 is 24.8 Å². The minimum atomic E-state index is -3.78. The molecule has 3 rings (SSSR count). The van der Waals surface area contributed by atoms with Crippen LogP contribution in [0.4, 0.5) is 0 Å². The largest absolute Gasteiger partial charge is 0.329 e. The monoisotopic (exact) mass is 366 g/mol. The molecule has 1 aromatic heterocycles. The summed E-state index contributed by atoms with van der Waals surface area (Å²) < 4.78 is 22.3. The van der Waals surface area contributed by atoms with E-state index in [4.69, 9.17) is 5.14 Å². The fourth-order valence-electron chi connectivity index (χ4n) is 2.45. The molecular formula is C12H16Cl2N4O3S. The summed E-state index contributed by atoms with van der Waals surface area (Å²) in [5, 5.41) is 8.23. The van der Waals surface area contributed by atoms with Gasteiger partial charge in [-0.15, -0.1) is 24.8 Å². The van der Waals surface area contributed by atoms with Crippen LogP contribution in [0.1, 0.15) is 10.5 Å². The third-order valence-electron chi connectivity index (χ3n) is 3.51. The van der Waals surface area contributed by atoms with Crippen molar-refractivity contribution < 1.29 is 13.2 Å². The zero-order valence-corrected chi connectivity index (χ0v) is 13.9. The molecule has 0 fully saturated rings. The Bertz CT molecular complexity index is 688. The van der Waals surface area contributed by atoms with Gasteiger partial charge in [-0.1, -0.05) is 0 Å². The van der Waals surface area contributed by atoms with Crippen LogP contribution in [0.3, 0.4) is 0 Å². The number of amides is 1. The summed E-state index contributed by atoms with van der Waals surface area (Å²) in [7, 11) is -3.78. The van der Waals surface area contributed by atoms with Gasteiger partial charge >= 0.3 is 0 Å². The fraction of sp³-hybridized carbons (Fsp3) is 0.333. The first kappa shape index (κ1) is 18.9. The van der Waals surface area contributed by atoms with Crippen LogP contribution < -0.4 is 10.5 Å². The molecule has 2 aliphatic rings. The van der Waals surface area contributed by atoms with Crippen molar-refractivity contribution in [3.8, 4) is 0 Å². The maximum atomic E-state index is 12.3. The highest BCUT2D eigenvalue weighted by molar-refractivity contribution is 7.89. The molecule has 0 bridgehead atoms. The van der Waals surface area contributed by atoms with Crippen LogP contribution in [-0.4, -0.2) is 50.4 Å². The van der Waals surface area contributed by atoms with Gasteiger partial charge in [0.05, 0.1) is 0 Å². The lowest BCUT2D eigenvalue weighted by Crippen LogP contribution is -2.33. The normalized spacial score (nSPS) is 16.9. The molecule has 22 heavy (non-hydrogen) atoms. The molecule has 3 N–H and O–H groups in total. The van der Waals surface area contributed by atoms with Gasteiger partial charge in [0.15, 0.2) is 0 Å². The smallest absolute Gasteiger partial charge is 0.273 e. The summed E-state index contributed by atoms with van der Waals surface area (Å²) in [6, 6.07) is 2.69. The number of nitrogens with zero attached hydrogens (tertiary/aromatic N) is 2. The maximum Gasteiger partial charge on any atom is 0.273 e. The van der Waals surface area contributed by atoms with Crippen molar-refractivity contribution in [2.45, 2.75) is 4.90 Å². The van der Waals surface area contributed by atoms with Gasteiger partial charge in [-0.25, -0.2) is 18.5 Å². The Morgan fingerprint density at radius 3 is 2.23 bits per heavy atom. The zero-order chi connectivity index (χ0) is 14.3. The molecule has 1 amide bonds. The summed E-state index contributed by atoms with van der Waals surface area (Å²) in [4.78, 5) is 17.8. The van der Waals surface area contributed by atoms with E-state index < -0.39 is 10.0 Å². The van der Waals surface area contributed by atoms with E-state index in [-0.39, 0.29) is 41.3 Å². The standard InChI is InChI=1S/C12H14N4O3S.2ClH/c13-20(18,19)10-1-2-11(15-5-10)12(17)16-6-8-3-14-4-9(8)7-16;;/h1-2,5,14H,3-4,6-7H2,(H2,13,18,19);2*1H. The highest BCUT2D eigenvalue weighted by atomic mass is 35.5. The van der Waals surface area contributed by atoms with Crippen molar-refractivity contribution in [2.75, 3.05) is 26.2 Å². The Morgan fingerprint density at radius 1 is 1.18 bits per heavy atom. The minimum absolute atomic E-state index is 0. The van der Waals surface area contributed by atoms with Gasteiger partial charge in [-0.3, -0.25) is 4.79 Å². The molecule has 10 heteroatoms. The molecule has 0 aliphatic carbocycles. The van der Waals surface area contributed by atoms with E-state index >= 15 is 0 Å². The highest BCUT2D eigenvalue weighted by Gasteiger charge is 2.29. The van der Waals surface area contributed by atoms with Gasteiger partial charge in [-0.2, -0.15) is 0 Å². The van der Waals surface area contributed by atoms with E-state index in [1.807, 2.05) is 0 Å². The topological polar surface area (TPSA) is 105 Å². The summed E-state index contributed by atoms with van der Waals surface area (Å²) in [5.74, 6) is -0.194. The molecule has 7 nitrogen and oxygen atoms in total. The van der Waals surface area contributed by atoms with Crippen LogP contribution in [-0.2, 0) is 10.0 Å². The van der Waals surface area contributed by atoms with E-state index in [2.05, 4.69) is 10.3 Å². The molecule has 0 aromatic carbocycles. The van der Waals surface area contributed by atoms with Crippen molar-refractivity contribution in [1.82, 2.24) is 15.2 Å². The lowest BCUT2D eigenvalue weighted by atomic mass is 10.2. The molecule has 2 aliphatic heterocycles. The summed E-state index contributed by atoms with van der Waals surface area (Å²) in [6.07, 6.45) is 1.11. The minimum Gasteiger partial charge on any atom is -0.329 e. The number of nitrogens with two attached hydrogens (primary N) is 1. The second-order valence-corrected chi connectivity index (χ2v) is 6.46. The van der Waals surface area contributed by atoms with Gasteiger partial charge in [0.25, 0.3) is 5.91 Å². The molecule has 122 valence electrons. The second-order valence-electron chi connectivity index (χ2n) is 4.90. The Labute approximate surface area is 140 Å². The third-order valence-corrected chi connectivity index (χ3v) is 4.41. The number of pyridine rings is 1. The molecular weight excluding hydrogens is 351 g/mol. The van der Waals surface area contributed by atoms with Gasteiger partial charge in [0.2, 0.25) is 10.0 Å². The highest BCUT2D eigenvalue weighted by Crippen LogP contribution is 2.21. The molecule has 0 saturated carbocycles. The van der Waals surface area contributed by atoms with Crippen molar-refractivity contribution in [2.24, 2.45) is 5.14 Å². The fourth-order valence-corrected chi connectivity index (χ4v) is 2.90. The van der Waals surface area contributed by atoms with Crippen molar-refractivity contribution >= 4 is 40.7 Å². The third kappa shape index (κ3) is 3.58. The van der Waals surface area contributed by atoms with Crippen molar-refractivity contribution in [1.29, 1.82) is 0 Å². The van der Waals surface area contributed by atoms with Gasteiger partial charge < -0.3 is 10.2 Å². The summed E-state index contributed by atoms with van der Waals surface area (Å²) >= 11 is 0. The van der Waals surface area contributed by atoms with Gasteiger partial charge in [-0.05, 0) is 23.3 Å². The lowest BCUT2D eigenvalue weighted by Gasteiger charge is -2.17. The number of aromatic nitrogens is 1. The SMILES string of the molecule is Cl.Cl.NS(=O)(=O)c1ccc(C(=O)N2CC3=C(CNC3)C2)nc1. The van der Waals surface area contributed by atoms with Crippen molar-refractivity contribution in [3.05, 3.63) is 35.2 Å². The average Bonchev–Trinajstić information content (AvgIpc) is 2.97. The Morgan fingerprint density at radius 2 is 1.77 bits per heavy atom. The number of carbonyl (C=O) groups excluding carboxylic acids is 1. The molecule has 0 unspecified atom stereocenters. The Balaban J connectivity index is 0.00000121. The maximum absolute atomic E-state index is 12.3. The molecule has 0 radical (unpaired) electrons. The number of carbonyl (C=O) groups is 1. The number of halogens is 2. The summed E-state index contributed by atoms with van der Waals surface area (Å²) in [6.45, 7) is 2.88. The Hall–Kier alpha value is -1.19. The number of hydrogen-bond acceptors (Lipinski definition) is 5. The quantitative estimate of drug-likeness (QED) is 0.712. The predicted molar refractivity (Wildman–Crippen MR) is 85.9 cm³/mol. The van der Waals surface area contributed by atoms with Crippen LogP contribution in [0, 0.1) is 0 Å². The van der Waals surface area contributed by atoms with E-state index in [0.29, 0.717) is 13.1 Å². The van der Waals surface area contributed by atoms with E-state index in [9.17, 15) is 13.2 Å². The molecule has 1 aromatic rings. The van der Waals surface area contributed by atoms with Crippen LogP contribution in [0.5, 0.6) is 0 Å².